The van der Waals surface area contributed by atoms with Gasteiger partial charge in [0.1, 0.15) is 12.0 Å². The van der Waals surface area contributed by atoms with Gasteiger partial charge in [-0.15, -0.1) is 0 Å². The largest absolute Gasteiger partial charge is 0.446 e. The lowest BCUT2D eigenvalue weighted by molar-refractivity contribution is 0.565. The van der Waals surface area contributed by atoms with E-state index in [0.717, 1.165) is 22.4 Å². The molecule has 2 heterocycles. The molecule has 0 radical (unpaired) electrons. The van der Waals surface area contributed by atoms with Crippen LogP contribution in [0.2, 0.25) is 0 Å². The van der Waals surface area contributed by atoms with E-state index in [0.29, 0.717) is 17.3 Å². The molecule has 0 aliphatic carbocycles. The van der Waals surface area contributed by atoms with E-state index in [1.807, 2.05) is 41.3 Å². The van der Waals surface area contributed by atoms with Crippen molar-refractivity contribution >= 4 is 38.2 Å². The summed E-state index contributed by atoms with van der Waals surface area (Å²) < 4.78 is 29.5. The number of nitrogens with two attached hydrogens (primary N) is 2. The van der Waals surface area contributed by atoms with Gasteiger partial charge in [0.05, 0.1) is 16.7 Å². The van der Waals surface area contributed by atoms with Crippen molar-refractivity contribution in [1.82, 2.24) is 0 Å². The topological polar surface area (TPSA) is 115 Å². The minimum absolute atomic E-state index is 0.00670. The Hall–Kier alpha value is -4.24. The Morgan fingerprint density at radius 1 is 0.833 bits per heavy atom. The van der Waals surface area contributed by atoms with Gasteiger partial charge >= 0.3 is 0 Å². The van der Waals surface area contributed by atoms with Crippen molar-refractivity contribution in [2.75, 3.05) is 4.90 Å². The average molecular weight is 495 g/mol. The molecule has 0 saturated heterocycles. The van der Waals surface area contributed by atoms with E-state index in [4.69, 9.17) is 15.3 Å². The first kappa shape index (κ1) is 22.2. The maximum Gasteiger partial charge on any atom is 0.238 e. The maximum atomic E-state index is 12.0. The Bertz CT molecular complexity index is 1740. The first-order valence-corrected chi connectivity index (χ1v) is 12.9. The summed E-state index contributed by atoms with van der Waals surface area (Å²) >= 11 is 0. The Morgan fingerprint density at radius 2 is 1.58 bits per heavy atom. The standard InChI is InChI=1S/C28H22N4O3S/c29-26-25-15-16-35-28(25)31-27(20-7-3-8-22(17-20)36(30,33)34)32(26)21-13-11-19(12-14-21)24-10-4-6-18-5-1-2-9-23(18)24/h1-17,26H,29H2,(H2,30,33,34). The molecular formula is C28H22N4O3S. The van der Waals surface area contributed by atoms with Crippen LogP contribution < -0.4 is 15.8 Å². The molecule has 4 N–H and O–H groups in total. The Labute approximate surface area is 208 Å². The number of sulfonamides is 1. The summed E-state index contributed by atoms with van der Waals surface area (Å²) in [5.74, 6) is 0.857. The summed E-state index contributed by atoms with van der Waals surface area (Å²) in [5, 5.41) is 7.72. The smallest absolute Gasteiger partial charge is 0.238 e. The maximum absolute atomic E-state index is 12.0. The van der Waals surface area contributed by atoms with Crippen molar-refractivity contribution in [3.8, 4) is 11.1 Å². The molecule has 0 amide bonds. The quantitative estimate of drug-likeness (QED) is 0.352. The fraction of sp³-hybridized carbons (Fsp3) is 0.0357. The Morgan fingerprint density at radius 3 is 2.39 bits per heavy atom. The molecule has 8 heteroatoms. The van der Waals surface area contributed by atoms with Gasteiger partial charge in [-0.1, -0.05) is 66.7 Å². The first-order chi connectivity index (χ1) is 17.4. The van der Waals surface area contributed by atoms with Crippen molar-refractivity contribution in [2.24, 2.45) is 15.9 Å². The van der Waals surface area contributed by atoms with Gasteiger partial charge in [0.2, 0.25) is 15.9 Å². The highest BCUT2D eigenvalue weighted by Crippen LogP contribution is 2.38. The fourth-order valence-corrected chi connectivity index (χ4v) is 5.18. The molecular weight excluding hydrogens is 472 g/mol. The van der Waals surface area contributed by atoms with Gasteiger partial charge < -0.3 is 15.1 Å². The van der Waals surface area contributed by atoms with Gasteiger partial charge in [0, 0.05) is 11.3 Å². The predicted molar refractivity (Wildman–Crippen MR) is 142 cm³/mol. The molecule has 178 valence electrons. The second-order valence-electron chi connectivity index (χ2n) is 8.58. The van der Waals surface area contributed by atoms with Crippen molar-refractivity contribution in [3.63, 3.8) is 0 Å². The molecule has 1 aliphatic heterocycles. The summed E-state index contributed by atoms with van der Waals surface area (Å²) in [6.45, 7) is 0. The number of fused-ring (bicyclic) bond motifs is 2. The zero-order valence-corrected chi connectivity index (χ0v) is 19.9. The second-order valence-corrected chi connectivity index (χ2v) is 10.1. The van der Waals surface area contributed by atoms with Crippen molar-refractivity contribution < 1.29 is 12.8 Å². The molecule has 1 aliphatic rings. The molecule has 6 rings (SSSR count). The zero-order chi connectivity index (χ0) is 24.9. The predicted octanol–water partition coefficient (Wildman–Crippen LogP) is 5.30. The molecule has 0 fully saturated rings. The molecule has 0 bridgehead atoms. The van der Waals surface area contributed by atoms with Gasteiger partial charge in [-0.05, 0) is 52.2 Å². The van der Waals surface area contributed by atoms with Gasteiger partial charge in [0.15, 0.2) is 0 Å². The van der Waals surface area contributed by atoms with E-state index in [9.17, 15) is 8.42 Å². The van der Waals surface area contributed by atoms with Crippen LogP contribution in [0.3, 0.4) is 0 Å². The van der Waals surface area contributed by atoms with E-state index < -0.39 is 16.2 Å². The van der Waals surface area contributed by atoms with Crippen LogP contribution in [0.25, 0.3) is 21.9 Å². The number of hydrogen-bond donors (Lipinski definition) is 2. The third-order valence-corrected chi connectivity index (χ3v) is 7.28. The van der Waals surface area contributed by atoms with E-state index in [2.05, 4.69) is 35.3 Å². The lowest BCUT2D eigenvalue weighted by atomic mass is 9.98. The van der Waals surface area contributed by atoms with Crippen LogP contribution in [0.4, 0.5) is 11.6 Å². The molecule has 1 aromatic heterocycles. The van der Waals surface area contributed by atoms with Crippen molar-refractivity contribution in [2.45, 2.75) is 11.1 Å². The molecule has 5 aromatic rings. The number of furan rings is 1. The van der Waals surface area contributed by atoms with Crippen LogP contribution >= 0.6 is 0 Å². The summed E-state index contributed by atoms with van der Waals surface area (Å²) in [4.78, 5) is 6.55. The number of rotatable bonds is 4. The number of benzene rings is 4. The summed E-state index contributed by atoms with van der Waals surface area (Å²) in [6.07, 6.45) is 0.951. The third-order valence-electron chi connectivity index (χ3n) is 6.37. The number of anilines is 1. The van der Waals surface area contributed by atoms with Gasteiger partial charge in [-0.25, -0.2) is 13.6 Å². The van der Waals surface area contributed by atoms with Crippen LogP contribution in [-0.4, -0.2) is 14.3 Å². The normalized spacial score (nSPS) is 15.6. The lowest BCUT2D eigenvalue weighted by Gasteiger charge is -2.34. The minimum atomic E-state index is -3.89. The van der Waals surface area contributed by atoms with E-state index in [1.165, 1.54) is 22.9 Å². The van der Waals surface area contributed by atoms with Gasteiger partial charge in [-0.3, -0.25) is 0 Å². The third kappa shape index (κ3) is 3.77. The van der Waals surface area contributed by atoms with E-state index in [-0.39, 0.29) is 4.90 Å². The number of hydrogen-bond acceptors (Lipinski definition) is 6. The highest BCUT2D eigenvalue weighted by atomic mass is 32.2. The van der Waals surface area contributed by atoms with E-state index in [1.54, 1.807) is 24.5 Å². The molecule has 1 unspecified atom stereocenters. The molecule has 0 spiro atoms. The minimum Gasteiger partial charge on any atom is -0.446 e. The van der Waals surface area contributed by atoms with Gasteiger partial charge in [0.25, 0.3) is 0 Å². The van der Waals surface area contributed by atoms with Crippen molar-refractivity contribution in [1.29, 1.82) is 0 Å². The summed E-state index contributed by atoms with van der Waals surface area (Å²) in [6, 6.07) is 30.7. The SMILES string of the molecule is NC1c2ccoc2N=C(c2cccc(S(N)(=O)=O)c2)N1c1ccc(-c2cccc3ccccc23)cc1. The molecule has 36 heavy (non-hydrogen) atoms. The summed E-state index contributed by atoms with van der Waals surface area (Å²) in [7, 11) is -3.89. The fourth-order valence-electron chi connectivity index (χ4n) is 4.63. The van der Waals surface area contributed by atoms with Crippen LogP contribution in [0.15, 0.2) is 118 Å². The number of nitrogens with zero attached hydrogens (tertiary/aromatic N) is 2. The lowest BCUT2D eigenvalue weighted by Crippen LogP contribution is -2.42. The first-order valence-electron chi connectivity index (χ1n) is 11.3. The van der Waals surface area contributed by atoms with Gasteiger partial charge in [-0.2, -0.15) is 4.99 Å². The van der Waals surface area contributed by atoms with Crippen LogP contribution in [0.5, 0.6) is 0 Å². The molecule has 4 aromatic carbocycles. The molecule has 0 saturated carbocycles. The van der Waals surface area contributed by atoms with Crippen molar-refractivity contribution in [3.05, 3.63) is 114 Å². The molecule has 7 nitrogen and oxygen atoms in total. The van der Waals surface area contributed by atoms with E-state index >= 15 is 0 Å². The highest BCUT2D eigenvalue weighted by Gasteiger charge is 2.31. The second kappa shape index (κ2) is 8.46. The monoisotopic (exact) mass is 494 g/mol. The highest BCUT2D eigenvalue weighted by molar-refractivity contribution is 7.89. The van der Waals surface area contributed by atoms with Crippen LogP contribution in [-0.2, 0) is 10.0 Å². The average Bonchev–Trinajstić information content (AvgIpc) is 3.37. The number of primary sulfonamides is 1. The Balaban J connectivity index is 1.46. The summed E-state index contributed by atoms with van der Waals surface area (Å²) in [5.41, 5.74) is 11.0. The van der Waals surface area contributed by atoms with Crippen LogP contribution in [0, 0.1) is 0 Å². The Kier molecular flexibility index (Phi) is 5.22. The number of amidine groups is 1. The zero-order valence-electron chi connectivity index (χ0n) is 19.1. The van der Waals surface area contributed by atoms with Crippen LogP contribution in [0.1, 0.15) is 17.3 Å². The number of aliphatic imine (C=N–C) groups is 1. The molecule has 1 atom stereocenters.